The van der Waals surface area contributed by atoms with Gasteiger partial charge in [-0.25, -0.2) is 0 Å². The van der Waals surface area contributed by atoms with Gasteiger partial charge >= 0.3 is 5.97 Å². The van der Waals surface area contributed by atoms with Crippen LogP contribution in [0.4, 0.5) is 5.69 Å². The van der Waals surface area contributed by atoms with Gasteiger partial charge in [0.25, 0.3) is 5.91 Å². The van der Waals surface area contributed by atoms with Gasteiger partial charge in [0, 0.05) is 12.2 Å². The number of fused-ring (bicyclic) bond motifs is 1. The molecule has 8 nitrogen and oxygen atoms in total. The van der Waals surface area contributed by atoms with Gasteiger partial charge < -0.3 is 24.4 Å². The lowest BCUT2D eigenvalue weighted by Gasteiger charge is -2.39. The van der Waals surface area contributed by atoms with Crippen molar-refractivity contribution in [1.82, 2.24) is 4.90 Å². The molecule has 4 rings (SSSR count). The summed E-state index contributed by atoms with van der Waals surface area (Å²) >= 11 is 0. The Labute approximate surface area is 238 Å². The maximum absolute atomic E-state index is 14.7. The third kappa shape index (κ3) is 4.59. The van der Waals surface area contributed by atoms with Gasteiger partial charge in [-0.15, -0.1) is 13.2 Å². The van der Waals surface area contributed by atoms with Gasteiger partial charge in [-0.05, 0) is 70.4 Å². The quantitative estimate of drug-likeness (QED) is 0.238. The number of aryl methyl sites for hydroxylation is 2. The van der Waals surface area contributed by atoms with Crippen LogP contribution in [-0.4, -0.2) is 70.8 Å². The van der Waals surface area contributed by atoms with E-state index in [0.29, 0.717) is 12.8 Å². The number of aliphatic hydroxyl groups is 1. The van der Waals surface area contributed by atoms with E-state index in [-0.39, 0.29) is 37.5 Å². The molecule has 2 bridgehead atoms. The van der Waals surface area contributed by atoms with Crippen molar-refractivity contribution in [3.8, 4) is 0 Å². The van der Waals surface area contributed by atoms with E-state index in [0.717, 1.165) is 29.7 Å². The number of esters is 1. The van der Waals surface area contributed by atoms with Gasteiger partial charge in [0.15, 0.2) is 0 Å². The Morgan fingerprint density at radius 2 is 1.93 bits per heavy atom. The predicted molar refractivity (Wildman–Crippen MR) is 154 cm³/mol. The summed E-state index contributed by atoms with van der Waals surface area (Å²) < 4.78 is 12.5. The minimum atomic E-state index is -1.21. The molecule has 1 spiro atoms. The second-order valence-electron chi connectivity index (χ2n) is 11.9. The SMILES string of the molecule is C=CCCCCOC(=O)[C@@H]1[C@H]2C(=O)N([C@H](C)CO)C(C(=O)N(CC=C)c3c(C)cccc3C)C23CC(C)[C@@]1(C)O3. The van der Waals surface area contributed by atoms with Gasteiger partial charge in [-0.2, -0.15) is 0 Å². The van der Waals surface area contributed by atoms with Crippen LogP contribution in [0.15, 0.2) is 43.5 Å². The topological polar surface area (TPSA) is 96.4 Å². The molecule has 3 heterocycles. The highest BCUT2D eigenvalue weighted by atomic mass is 16.6. The molecule has 40 heavy (non-hydrogen) atoms. The minimum Gasteiger partial charge on any atom is -0.465 e. The van der Waals surface area contributed by atoms with E-state index in [1.54, 1.807) is 17.9 Å². The van der Waals surface area contributed by atoms with Gasteiger partial charge in [0.1, 0.15) is 17.6 Å². The molecule has 3 saturated heterocycles. The summed E-state index contributed by atoms with van der Waals surface area (Å²) in [7, 11) is 0. The average molecular weight is 553 g/mol. The van der Waals surface area contributed by atoms with Crippen LogP contribution in [0.5, 0.6) is 0 Å². The molecule has 218 valence electrons. The highest BCUT2D eigenvalue weighted by Crippen LogP contribution is 2.65. The molecule has 3 fully saturated rings. The molecule has 0 saturated carbocycles. The monoisotopic (exact) mass is 552 g/mol. The molecule has 0 radical (unpaired) electrons. The number of aliphatic hydroxyl groups excluding tert-OH is 1. The van der Waals surface area contributed by atoms with Crippen LogP contribution in [0.2, 0.25) is 0 Å². The highest BCUT2D eigenvalue weighted by Gasteiger charge is 2.80. The number of hydrogen-bond acceptors (Lipinski definition) is 6. The molecule has 8 heteroatoms. The lowest BCUT2D eigenvalue weighted by Crippen LogP contribution is -2.59. The molecular formula is C32H44N2O6. The summed E-state index contributed by atoms with van der Waals surface area (Å²) in [5.41, 5.74) is 0.441. The Morgan fingerprint density at radius 1 is 1.25 bits per heavy atom. The Bertz CT molecular complexity index is 1160. The van der Waals surface area contributed by atoms with Crippen molar-refractivity contribution in [1.29, 1.82) is 0 Å². The van der Waals surface area contributed by atoms with Crippen molar-refractivity contribution in [2.75, 3.05) is 24.7 Å². The Kier molecular flexibility index (Phi) is 8.62. The number of para-hydroxylation sites is 1. The van der Waals surface area contributed by atoms with Crippen LogP contribution in [0.1, 0.15) is 57.6 Å². The summed E-state index contributed by atoms with van der Waals surface area (Å²) in [5.74, 6) is -2.92. The van der Waals surface area contributed by atoms with Crippen LogP contribution in [-0.2, 0) is 23.9 Å². The van der Waals surface area contributed by atoms with Gasteiger partial charge in [-0.1, -0.05) is 37.3 Å². The van der Waals surface area contributed by atoms with Crippen molar-refractivity contribution in [3.05, 3.63) is 54.6 Å². The van der Waals surface area contributed by atoms with Crippen LogP contribution in [0, 0.1) is 31.6 Å². The number of nitrogens with zero attached hydrogens (tertiary/aromatic N) is 2. The molecule has 0 aliphatic carbocycles. The third-order valence-corrected chi connectivity index (χ3v) is 9.31. The molecule has 0 aromatic heterocycles. The Hall–Kier alpha value is -2.97. The van der Waals surface area contributed by atoms with Crippen LogP contribution < -0.4 is 4.90 Å². The standard InChI is InChI=1S/C32H44N2O6/c1-8-10-11-12-17-39-30(38)25-24-28(36)34(23(6)19-35)27(32(24)18-22(5)31(25,7)40-32)29(37)33(16-9-2)26-20(3)14-13-15-21(26)4/h8-9,13-15,22-25,27,35H,1-2,10-12,16-19H2,3-7H3/t22?,23-,24+,25+,27?,31-,32?/m1/s1. The fourth-order valence-electron chi connectivity index (χ4n) is 7.33. The molecule has 1 aromatic rings. The maximum atomic E-state index is 14.7. The maximum Gasteiger partial charge on any atom is 0.312 e. The minimum absolute atomic E-state index is 0.0948. The van der Waals surface area contributed by atoms with E-state index in [4.69, 9.17) is 9.47 Å². The lowest BCUT2D eigenvalue weighted by molar-refractivity contribution is -0.162. The number of hydrogen-bond donors (Lipinski definition) is 1. The molecule has 3 unspecified atom stereocenters. The van der Waals surface area contributed by atoms with Crippen LogP contribution >= 0.6 is 0 Å². The van der Waals surface area contributed by atoms with E-state index < -0.39 is 41.1 Å². The number of allylic oxidation sites excluding steroid dienone is 1. The number of carbonyl (C=O) groups is 3. The van der Waals surface area contributed by atoms with Gasteiger partial charge in [0.05, 0.1) is 30.8 Å². The summed E-state index contributed by atoms with van der Waals surface area (Å²) in [6, 6.07) is 4.17. The third-order valence-electron chi connectivity index (χ3n) is 9.31. The Morgan fingerprint density at radius 3 is 2.52 bits per heavy atom. The molecule has 7 atom stereocenters. The fourth-order valence-corrected chi connectivity index (χ4v) is 7.33. The zero-order valence-corrected chi connectivity index (χ0v) is 24.5. The first-order chi connectivity index (χ1) is 19.0. The van der Waals surface area contributed by atoms with E-state index in [1.165, 1.54) is 4.90 Å². The molecule has 3 aliphatic heterocycles. The fraction of sp³-hybridized carbons (Fsp3) is 0.594. The number of rotatable bonds is 12. The summed E-state index contributed by atoms with van der Waals surface area (Å²) in [4.78, 5) is 45.7. The van der Waals surface area contributed by atoms with Crippen LogP contribution in [0.3, 0.4) is 0 Å². The van der Waals surface area contributed by atoms with Crippen molar-refractivity contribution in [3.63, 3.8) is 0 Å². The first-order valence-corrected chi connectivity index (χ1v) is 14.4. The van der Waals surface area contributed by atoms with Crippen molar-refractivity contribution >= 4 is 23.5 Å². The summed E-state index contributed by atoms with van der Waals surface area (Å²) in [6.07, 6.45) is 6.33. The normalized spacial score (nSPS) is 31.1. The number of likely N-dealkylation sites (tertiary alicyclic amines) is 1. The molecule has 3 aliphatic rings. The van der Waals surface area contributed by atoms with E-state index >= 15 is 0 Å². The lowest BCUT2D eigenvalue weighted by atomic mass is 9.62. The number of anilines is 1. The Balaban J connectivity index is 1.78. The predicted octanol–water partition coefficient (Wildman–Crippen LogP) is 4.11. The largest absolute Gasteiger partial charge is 0.465 e. The van der Waals surface area contributed by atoms with Crippen molar-refractivity contribution in [2.45, 2.75) is 83.6 Å². The van der Waals surface area contributed by atoms with Gasteiger partial charge in [-0.3, -0.25) is 14.4 Å². The first-order valence-electron chi connectivity index (χ1n) is 14.4. The number of ether oxygens (including phenoxy) is 2. The number of amides is 2. The van der Waals surface area contributed by atoms with E-state index in [9.17, 15) is 19.5 Å². The zero-order valence-electron chi connectivity index (χ0n) is 24.5. The number of unbranched alkanes of at least 4 members (excludes halogenated alkanes) is 2. The zero-order chi connectivity index (χ0) is 29.4. The highest BCUT2D eigenvalue weighted by molar-refractivity contribution is 6.05. The average Bonchev–Trinajstić information content (AvgIpc) is 3.43. The van der Waals surface area contributed by atoms with Crippen molar-refractivity contribution in [2.24, 2.45) is 17.8 Å². The molecule has 2 amide bonds. The molecule has 1 N–H and O–H groups in total. The van der Waals surface area contributed by atoms with Crippen LogP contribution in [0.25, 0.3) is 0 Å². The summed E-state index contributed by atoms with van der Waals surface area (Å²) in [5, 5.41) is 10.2. The van der Waals surface area contributed by atoms with E-state index in [2.05, 4.69) is 13.2 Å². The van der Waals surface area contributed by atoms with Gasteiger partial charge in [0.2, 0.25) is 5.91 Å². The van der Waals surface area contributed by atoms with E-state index in [1.807, 2.05) is 52.0 Å². The smallest absolute Gasteiger partial charge is 0.312 e. The molecule has 1 aromatic carbocycles. The van der Waals surface area contributed by atoms with Crippen molar-refractivity contribution < 1.29 is 29.0 Å². The first kappa shape index (κ1) is 30.0. The molecular weight excluding hydrogens is 508 g/mol. The number of benzene rings is 1. The second-order valence-corrected chi connectivity index (χ2v) is 11.9. The second kappa shape index (κ2) is 11.5. The summed E-state index contributed by atoms with van der Waals surface area (Å²) in [6.45, 7) is 17.3. The number of carbonyl (C=O) groups excluding carboxylic acids is 3.